The van der Waals surface area contributed by atoms with Gasteiger partial charge in [0.2, 0.25) is 5.89 Å². The van der Waals surface area contributed by atoms with Crippen LogP contribution < -0.4 is 4.90 Å². The number of rotatable bonds is 8. The molecule has 0 bridgehead atoms. The molecule has 0 saturated heterocycles. The van der Waals surface area contributed by atoms with E-state index in [0.717, 1.165) is 77.7 Å². The molecule has 68 heavy (non-hydrogen) atoms. The summed E-state index contributed by atoms with van der Waals surface area (Å²) in [6.07, 6.45) is 0. The van der Waals surface area contributed by atoms with Crippen LogP contribution in [0.5, 0.6) is 0 Å². The molecule has 0 aliphatic carbocycles. The van der Waals surface area contributed by atoms with Crippen LogP contribution >= 0.6 is 0 Å². The van der Waals surface area contributed by atoms with Crippen LogP contribution in [0.2, 0.25) is 0 Å². The van der Waals surface area contributed by atoms with Crippen molar-refractivity contribution in [2.75, 3.05) is 4.90 Å². The summed E-state index contributed by atoms with van der Waals surface area (Å²) in [4.78, 5) is 7.39. The van der Waals surface area contributed by atoms with Crippen molar-refractivity contribution in [2.45, 2.75) is 0 Å². The predicted molar refractivity (Wildman–Crippen MR) is 286 cm³/mol. The molecule has 3 nitrogen and oxygen atoms in total. The largest absolute Gasteiger partial charge is 0.435 e. The van der Waals surface area contributed by atoms with Gasteiger partial charge in [0.05, 0.1) is 5.69 Å². The number of aromatic nitrogens is 1. The van der Waals surface area contributed by atoms with Crippen LogP contribution in [-0.2, 0) is 0 Å². The summed E-state index contributed by atoms with van der Waals surface area (Å²) in [5, 5.41) is 9.33. The van der Waals surface area contributed by atoms with Crippen LogP contribution in [0, 0.1) is 0 Å². The summed E-state index contributed by atoms with van der Waals surface area (Å²) in [6.45, 7) is 0. The van der Waals surface area contributed by atoms with Gasteiger partial charge in [-0.25, -0.2) is 4.98 Å². The highest BCUT2D eigenvalue weighted by atomic mass is 16.3. The van der Waals surface area contributed by atoms with Gasteiger partial charge in [-0.15, -0.1) is 0 Å². The highest BCUT2D eigenvalue weighted by Gasteiger charge is 2.20. The minimum Gasteiger partial charge on any atom is -0.435 e. The Balaban J connectivity index is 0.927. The maximum atomic E-state index is 6.61. The van der Waals surface area contributed by atoms with Crippen LogP contribution in [-0.4, -0.2) is 4.98 Å². The lowest BCUT2D eigenvalue weighted by molar-refractivity contribution is 0.623. The van der Waals surface area contributed by atoms with E-state index in [1.54, 1.807) is 0 Å². The van der Waals surface area contributed by atoms with Crippen LogP contribution in [0.25, 0.3) is 110 Å². The first kappa shape index (κ1) is 39.3. The first-order chi connectivity index (χ1) is 33.7. The third kappa shape index (κ3) is 7.06. The van der Waals surface area contributed by atoms with Crippen molar-refractivity contribution >= 4 is 71.3 Å². The third-order valence-corrected chi connectivity index (χ3v) is 13.4. The van der Waals surface area contributed by atoms with Crippen LogP contribution in [0.1, 0.15) is 0 Å². The molecule has 0 unspecified atom stereocenters. The van der Waals surface area contributed by atoms with E-state index in [-0.39, 0.29) is 0 Å². The maximum absolute atomic E-state index is 6.61. The van der Waals surface area contributed by atoms with Gasteiger partial charge in [0.1, 0.15) is 5.52 Å². The van der Waals surface area contributed by atoms with E-state index in [9.17, 15) is 0 Å². The molecular formula is C65H42N2O. The van der Waals surface area contributed by atoms with Crippen molar-refractivity contribution in [3.8, 4) is 56.0 Å². The number of fused-ring (bicyclic) bond motifs is 6. The number of hydrogen-bond acceptors (Lipinski definition) is 3. The van der Waals surface area contributed by atoms with Gasteiger partial charge in [-0.05, 0) is 144 Å². The molecule has 1 aromatic heterocycles. The number of hydrogen-bond donors (Lipinski definition) is 0. The van der Waals surface area contributed by atoms with E-state index in [1.807, 2.05) is 0 Å². The molecule has 13 aromatic rings. The Morgan fingerprint density at radius 2 is 0.853 bits per heavy atom. The lowest BCUT2D eigenvalue weighted by Crippen LogP contribution is -2.11. The summed E-state index contributed by atoms with van der Waals surface area (Å²) in [6, 6.07) is 91.8. The van der Waals surface area contributed by atoms with Crippen LogP contribution in [0.3, 0.4) is 0 Å². The first-order valence-electron chi connectivity index (χ1n) is 23.2. The fourth-order valence-electron chi connectivity index (χ4n) is 10.0. The van der Waals surface area contributed by atoms with Gasteiger partial charge in [0.15, 0.2) is 5.58 Å². The average Bonchev–Trinajstić information content (AvgIpc) is 3.86. The van der Waals surface area contributed by atoms with Crippen molar-refractivity contribution in [1.29, 1.82) is 0 Å². The van der Waals surface area contributed by atoms with E-state index in [1.165, 1.54) is 43.6 Å². The van der Waals surface area contributed by atoms with Crippen molar-refractivity contribution < 1.29 is 4.42 Å². The zero-order chi connectivity index (χ0) is 45.0. The van der Waals surface area contributed by atoms with Gasteiger partial charge in [-0.2, -0.15) is 0 Å². The Morgan fingerprint density at radius 1 is 0.294 bits per heavy atom. The minimum absolute atomic E-state index is 0.625. The molecule has 0 aliphatic heterocycles. The number of oxazole rings is 1. The van der Waals surface area contributed by atoms with Gasteiger partial charge < -0.3 is 9.32 Å². The molecule has 0 N–H and O–H groups in total. The smallest absolute Gasteiger partial charge is 0.227 e. The standard InChI is InChI=1S/C65H42N2O/c1-2-13-43(14-3-1)50-21-11-23-57(41-50)67(56-33-31-46(32-34-56)51-29-27-44-15-4-6-17-47(44)37-51)63-42-55(40-53-19-8-9-24-59(53)63)49-20-10-22-52(38-49)58-25-12-26-61-60(58)35-36-62-64(61)68-65(66-62)54-30-28-45-16-5-7-18-48(45)39-54/h1-42H. The first-order valence-corrected chi connectivity index (χ1v) is 23.2. The maximum Gasteiger partial charge on any atom is 0.227 e. The quantitative estimate of drug-likeness (QED) is 0.152. The second-order valence-corrected chi connectivity index (χ2v) is 17.6. The molecule has 12 aromatic carbocycles. The number of nitrogens with zero attached hydrogens (tertiary/aromatic N) is 2. The third-order valence-electron chi connectivity index (χ3n) is 13.4. The molecule has 0 fully saturated rings. The Hall–Kier alpha value is -9.05. The van der Waals surface area contributed by atoms with E-state index < -0.39 is 0 Å². The SMILES string of the molecule is c1ccc(-c2cccc(N(c3ccc(-c4ccc5ccccc5c4)cc3)c3cc(-c4cccc(-c5cccc6c5ccc5nc(-c7ccc8ccccc8c7)oc56)c4)cc4ccccc34)c2)cc1. The fraction of sp³-hybridized carbons (Fsp3) is 0. The van der Waals surface area contributed by atoms with Crippen molar-refractivity contribution in [2.24, 2.45) is 0 Å². The summed E-state index contributed by atoms with van der Waals surface area (Å²) in [5.74, 6) is 0.625. The molecule has 0 radical (unpaired) electrons. The molecule has 318 valence electrons. The Bertz CT molecular complexity index is 4040. The second kappa shape index (κ2) is 16.4. The second-order valence-electron chi connectivity index (χ2n) is 17.6. The van der Waals surface area contributed by atoms with E-state index in [4.69, 9.17) is 9.40 Å². The van der Waals surface area contributed by atoms with Gasteiger partial charge >= 0.3 is 0 Å². The molecule has 0 atom stereocenters. The highest BCUT2D eigenvalue weighted by Crippen LogP contribution is 2.44. The molecule has 0 spiro atoms. The Kier molecular flexibility index (Phi) is 9.50. The van der Waals surface area contributed by atoms with E-state index in [2.05, 4.69) is 260 Å². The van der Waals surface area contributed by atoms with Crippen molar-refractivity contribution in [3.05, 3.63) is 255 Å². The number of anilines is 3. The lowest BCUT2D eigenvalue weighted by atomic mass is 9.93. The van der Waals surface area contributed by atoms with Gasteiger partial charge in [0, 0.05) is 27.7 Å². The molecule has 1 heterocycles. The van der Waals surface area contributed by atoms with E-state index in [0.29, 0.717) is 5.89 Å². The fourth-order valence-corrected chi connectivity index (χ4v) is 10.0. The van der Waals surface area contributed by atoms with Crippen LogP contribution in [0.4, 0.5) is 17.1 Å². The summed E-state index contributed by atoms with van der Waals surface area (Å²) < 4.78 is 6.61. The molecule has 0 aliphatic rings. The summed E-state index contributed by atoms with van der Waals surface area (Å²) >= 11 is 0. The Morgan fingerprint density at radius 3 is 1.65 bits per heavy atom. The molecular weight excluding hydrogens is 825 g/mol. The zero-order valence-corrected chi connectivity index (χ0v) is 37.1. The number of benzene rings is 12. The monoisotopic (exact) mass is 866 g/mol. The van der Waals surface area contributed by atoms with Gasteiger partial charge in [0.25, 0.3) is 0 Å². The molecule has 0 saturated carbocycles. The predicted octanol–water partition coefficient (Wildman–Crippen LogP) is 18.2. The highest BCUT2D eigenvalue weighted by molar-refractivity contribution is 6.10. The van der Waals surface area contributed by atoms with Gasteiger partial charge in [-0.1, -0.05) is 188 Å². The molecule has 0 amide bonds. The molecule has 3 heteroatoms. The van der Waals surface area contributed by atoms with E-state index >= 15 is 0 Å². The summed E-state index contributed by atoms with van der Waals surface area (Å²) in [5.41, 5.74) is 15.1. The molecule has 13 rings (SSSR count). The Labute approximate surface area is 394 Å². The van der Waals surface area contributed by atoms with Crippen molar-refractivity contribution in [3.63, 3.8) is 0 Å². The topological polar surface area (TPSA) is 29.3 Å². The average molecular weight is 867 g/mol. The lowest BCUT2D eigenvalue weighted by Gasteiger charge is -2.28. The normalized spacial score (nSPS) is 11.5. The minimum atomic E-state index is 0.625. The summed E-state index contributed by atoms with van der Waals surface area (Å²) in [7, 11) is 0. The zero-order valence-electron chi connectivity index (χ0n) is 37.1. The van der Waals surface area contributed by atoms with Crippen LogP contribution in [0.15, 0.2) is 259 Å². The van der Waals surface area contributed by atoms with Gasteiger partial charge in [-0.3, -0.25) is 0 Å². The van der Waals surface area contributed by atoms with Crippen molar-refractivity contribution in [1.82, 2.24) is 4.98 Å².